The number of hydrogen-bond donors (Lipinski definition) is 1. The van der Waals surface area contributed by atoms with E-state index in [-0.39, 0.29) is 5.91 Å². The van der Waals surface area contributed by atoms with Gasteiger partial charge in [0.05, 0.1) is 5.56 Å². The first-order valence-corrected chi connectivity index (χ1v) is 11.1. The van der Waals surface area contributed by atoms with Crippen LogP contribution in [0.25, 0.3) is 0 Å². The molecule has 5 heteroatoms. The van der Waals surface area contributed by atoms with Crippen LogP contribution < -0.4 is 10.2 Å². The summed E-state index contributed by atoms with van der Waals surface area (Å²) in [5, 5.41) is 5.15. The summed E-state index contributed by atoms with van der Waals surface area (Å²) in [5.74, 6) is 2.50. The molecule has 0 atom stereocenters. The molecule has 3 nitrogen and oxygen atoms in total. The zero-order chi connectivity index (χ0) is 17.1. The number of anilines is 1. The minimum absolute atomic E-state index is 0.0801. The van der Waals surface area contributed by atoms with Gasteiger partial charge in [0, 0.05) is 47.1 Å². The van der Waals surface area contributed by atoms with Crippen molar-refractivity contribution in [2.45, 2.75) is 32.2 Å². The molecule has 0 bridgehead atoms. The van der Waals surface area contributed by atoms with Gasteiger partial charge in [-0.2, -0.15) is 11.8 Å². The standard InChI is InChI=1S/C20H24N2OS2/c23-20(18-14-25-19-4-2-1-3-17(18)19)21-13-15-5-7-16(8-6-15)22-9-11-24-12-10-22/h5-8,14H,1-4,9-13H2,(H,21,23). The molecule has 132 valence electrons. The van der Waals surface area contributed by atoms with Crippen LogP contribution in [0.2, 0.25) is 0 Å². The maximum absolute atomic E-state index is 12.6. The van der Waals surface area contributed by atoms with Gasteiger partial charge in [-0.05, 0) is 48.9 Å². The number of amides is 1. The molecule has 0 radical (unpaired) electrons. The number of carbonyl (C=O) groups excluding carboxylic acids is 1. The molecule has 2 aromatic rings. The second-order valence-electron chi connectivity index (χ2n) is 6.71. The molecule has 25 heavy (non-hydrogen) atoms. The smallest absolute Gasteiger partial charge is 0.252 e. The van der Waals surface area contributed by atoms with Crippen LogP contribution in [0.15, 0.2) is 29.6 Å². The Kier molecular flexibility index (Phi) is 5.32. The third-order valence-electron chi connectivity index (χ3n) is 5.07. The average molecular weight is 373 g/mol. The molecule has 0 spiro atoms. The molecule has 1 aromatic carbocycles. The van der Waals surface area contributed by atoms with Crippen LogP contribution in [-0.2, 0) is 19.4 Å². The van der Waals surface area contributed by atoms with E-state index in [0.717, 1.165) is 37.1 Å². The van der Waals surface area contributed by atoms with Gasteiger partial charge in [-0.15, -0.1) is 11.3 Å². The van der Waals surface area contributed by atoms with Gasteiger partial charge in [0.1, 0.15) is 0 Å². The van der Waals surface area contributed by atoms with Crippen molar-refractivity contribution in [2.24, 2.45) is 0 Å². The quantitative estimate of drug-likeness (QED) is 0.877. The number of carbonyl (C=O) groups is 1. The summed E-state index contributed by atoms with van der Waals surface area (Å²) in [6.07, 6.45) is 4.67. The third kappa shape index (κ3) is 3.87. The fraction of sp³-hybridized carbons (Fsp3) is 0.450. The summed E-state index contributed by atoms with van der Waals surface area (Å²) in [7, 11) is 0. The van der Waals surface area contributed by atoms with Crippen molar-refractivity contribution in [1.29, 1.82) is 0 Å². The minimum Gasteiger partial charge on any atom is -0.370 e. The lowest BCUT2D eigenvalue weighted by molar-refractivity contribution is 0.0950. The molecule has 0 saturated carbocycles. The van der Waals surface area contributed by atoms with Gasteiger partial charge in [0.2, 0.25) is 0 Å². The van der Waals surface area contributed by atoms with Crippen molar-refractivity contribution in [1.82, 2.24) is 5.32 Å². The largest absolute Gasteiger partial charge is 0.370 e. The maximum atomic E-state index is 12.6. The van der Waals surface area contributed by atoms with Gasteiger partial charge in [-0.25, -0.2) is 0 Å². The number of fused-ring (bicyclic) bond motifs is 1. The lowest BCUT2D eigenvalue weighted by Crippen LogP contribution is -2.32. The SMILES string of the molecule is O=C(NCc1ccc(N2CCSCC2)cc1)c1csc2c1CCCC2. The highest BCUT2D eigenvalue weighted by Gasteiger charge is 2.19. The number of aryl methyl sites for hydroxylation is 1. The Morgan fingerprint density at radius 1 is 1.08 bits per heavy atom. The molecule has 1 aliphatic heterocycles. The highest BCUT2D eigenvalue weighted by molar-refractivity contribution is 7.99. The number of benzene rings is 1. The van der Waals surface area contributed by atoms with E-state index >= 15 is 0 Å². The van der Waals surface area contributed by atoms with Crippen molar-refractivity contribution in [3.05, 3.63) is 51.2 Å². The Hall–Kier alpha value is -1.46. The van der Waals surface area contributed by atoms with E-state index in [0.29, 0.717) is 6.54 Å². The van der Waals surface area contributed by atoms with Crippen LogP contribution in [0.3, 0.4) is 0 Å². The van der Waals surface area contributed by atoms with Crippen molar-refractivity contribution in [3.63, 3.8) is 0 Å². The summed E-state index contributed by atoms with van der Waals surface area (Å²) in [6, 6.07) is 8.65. The van der Waals surface area contributed by atoms with Gasteiger partial charge in [-0.3, -0.25) is 4.79 Å². The van der Waals surface area contributed by atoms with Gasteiger partial charge < -0.3 is 10.2 Å². The Morgan fingerprint density at radius 2 is 1.84 bits per heavy atom. The third-order valence-corrected chi connectivity index (χ3v) is 7.10. The number of nitrogens with zero attached hydrogens (tertiary/aromatic N) is 1. The average Bonchev–Trinajstić information content (AvgIpc) is 3.11. The normalized spacial score (nSPS) is 17.2. The Morgan fingerprint density at radius 3 is 2.64 bits per heavy atom. The van der Waals surface area contributed by atoms with Crippen molar-refractivity contribution in [2.75, 3.05) is 29.5 Å². The van der Waals surface area contributed by atoms with Crippen molar-refractivity contribution in [3.8, 4) is 0 Å². The molecule has 0 unspecified atom stereocenters. The molecular weight excluding hydrogens is 348 g/mol. The maximum Gasteiger partial charge on any atom is 0.252 e. The summed E-state index contributed by atoms with van der Waals surface area (Å²) >= 11 is 3.78. The zero-order valence-electron chi connectivity index (χ0n) is 14.4. The number of thioether (sulfide) groups is 1. The second kappa shape index (κ2) is 7.83. The fourth-order valence-electron chi connectivity index (χ4n) is 3.61. The monoisotopic (exact) mass is 372 g/mol. The van der Waals surface area contributed by atoms with Gasteiger partial charge in [-0.1, -0.05) is 12.1 Å². The predicted molar refractivity (Wildman–Crippen MR) is 108 cm³/mol. The Bertz CT molecular complexity index is 733. The molecule has 2 aliphatic rings. The number of nitrogens with one attached hydrogen (secondary N) is 1. The number of rotatable bonds is 4. The van der Waals surface area contributed by atoms with E-state index in [9.17, 15) is 4.79 Å². The second-order valence-corrected chi connectivity index (χ2v) is 8.90. The predicted octanol–water partition coefficient (Wildman–Crippen LogP) is 4.11. The summed E-state index contributed by atoms with van der Waals surface area (Å²) in [6.45, 7) is 2.85. The van der Waals surface area contributed by atoms with Crippen molar-refractivity contribution < 1.29 is 4.79 Å². The fourth-order valence-corrected chi connectivity index (χ4v) is 5.64. The molecule has 1 aromatic heterocycles. The highest BCUT2D eigenvalue weighted by Crippen LogP contribution is 2.30. The first-order chi connectivity index (χ1) is 12.3. The van der Waals surface area contributed by atoms with E-state index in [2.05, 4.69) is 34.5 Å². The van der Waals surface area contributed by atoms with Crippen LogP contribution >= 0.6 is 23.1 Å². The topological polar surface area (TPSA) is 32.3 Å². The van der Waals surface area contributed by atoms with Crippen LogP contribution in [-0.4, -0.2) is 30.5 Å². The van der Waals surface area contributed by atoms with E-state index in [1.165, 1.54) is 40.5 Å². The lowest BCUT2D eigenvalue weighted by atomic mass is 9.95. The molecule has 1 aliphatic carbocycles. The molecule has 4 rings (SSSR count). The molecule has 1 fully saturated rings. The number of hydrogen-bond acceptors (Lipinski definition) is 4. The van der Waals surface area contributed by atoms with Crippen LogP contribution in [0.5, 0.6) is 0 Å². The molecule has 2 heterocycles. The zero-order valence-corrected chi connectivity index (χ0v) is 16.1. The summed E-state index contributed by atoms with van der Waals surface area (Å²) in [4.78, 5) is 16.4. The van der Waals surface area contributed by atoms with E-state index in [1.807, 2.05) is 17.1 Å². The lowest BCUT2D eigenvalue weighted by Gasteiger charge is -2.28. The van der Waals surface area contributed by atoms with Crippen LogP contribution in [0, 0.1) is 0 Å². The highest BCUT2D eigenvalue weighted by atomic mass is 32.2. The summed E-state index contributed by atoms with van der Waals surface area (Å²) in [5.41, 5.74) is 4.66. The molecule has 1 saturated heterocycles. The molecular formula is C20H24N2OS2. The summed E-state index contributed by atoms with van der Waals surface area (Å²) < 4.78 is 0. The van der Waals surface area contributed by atoms with Gasteiger partial charge in [0.15, 0.2) is 0 Å². The number of thiophene rings is 1. The van der Waals surface area contributed by atoms with E-state index < -0.39 is 0 Å². The van der Waals surface area contributed by atoms with E-state index in [1.54, 1.807) is 11.3 Å². The van der Waals surface area contributed by atoms with Crippen LogP contribution in [0.4, 0.5) is 5.69 Å². The minimum atomic E-state index is 0.0801. The Balaban J connectivity index is 1.36. The van der Waals surface area contributed by atoms with Gasteiger partial charge >= 0.3 is 0 Å². The Labute approximate surface area is 157 Å². The first kappa shape index (κ1) is 17.0. The van der Waals surface area contributed by atoms with Crippen LogP contribution in [0.1, 0.15) is 39.2 Å². The van der Waals surface area contributed by atoms with Gasteiger partial charge in [0.25, 0.3) is 5.91 Å². The van der Waals surface area contributed by atoms with E-state index in [4.69, 9.17) is 0 Å². The molecule has 1 amide bonds. The first-order valence-electron chi connectivity index (χ1n) is 9.10. The molecule has 1 N–H and O–H groups in total. The van der Waals surface area contributed by atoms with Crippen molar-refractivity contribution >= 4 is 34.7 Å².